The molecule has 112 valence electrons. The van der Waals surface area contributed by atoms with E-state index in [9.17, 15) is 9.90 Å². The molecule has 6 nitrogen and oxygen atoms in total. The minimum atomic E-state index is -1.08. The molecule has 1 aromatic heterocycles. The van der Waals surface area contributed by atoms with Crippen LogP contribution in [-0.4, -0.2) is 28.4 Å². The maximum Gasteiger partial charge on any atom is 0.254 e. The molecule has 0 fully saturated rings. The first-order chi connectivity index (χ1) is 9.75. The van der Waals surface area contributed by atoms with Crippen molar-refractivity contribution in [3.8, 4) is 0 Å². The van der Waals surface area contributed by atoms with Crippen molar-refractivity contribution in [1.82, 2.24) is 10.3 Å². The van der Waals surface area contributed by atoms with Crippen LogP contribution in [-0.2, 0) is 10.4 Å². The molecule has 0 spiro atoms. The minimum Gasteiger partial charge on any atom is -0.384 e. The smallest absolute Gasteiger partial charge is 0.254 e. The van der Waals surface area contributed by atoms with Gasteiger partial charge in [0.1, 0.15) is 11.4 Å². The van der Waals surface area contributed by atoms with Crippen LogP contribution >= 0.6 is 0 Å². The molecule has 0 saturated carbocycles. The summed E-state index contributed by atoms with van der Waals surface area (Å²) in [5.74, 6) is -0.156. The predicted octanol–water partition coefficient (Wildman–Crippen LogP) is 1.16. The molecule has 0 saturated heterocycles. The maximum absolute atomic E-state index is 11.7. The van der Waals surface area contributed by atoms with Crippen molar-refractivity contribution in [1.29, 1.82) is 0 Å². The lowest BCUT2D eigenvalue weighted by atomic mass is 10.1. The van der Waals surface area contributed by atoms with Gasteiger partial charge in [-0.15, -0.1) is 6.58 Å². The van der Waals surface area contributed by atoms with Gasteiger partial charge in [-0.2, -0.15) is 0 Å². The Morgan fingerprint density at radius 3 is 2.81 bits per heavy atom. The fraction of sp³-hybridized carbons (Fsp3) is 0.267. The van der Waals surface area contributed by atoms with Gasteiger partial charge in [0, 0.05) is 6.54 Å². The third kappa shape index (κ3) is 4.85. The highest BCUT2D eigenvalue weighted by atomic mass is 16.3. The van der Waals surface area contributed by atoms with E-state index in [4.69, 9.17) is 5.73 Å². The molecule has 21 heavy (non-hydrogen) atoms. The van der Waals surface area contributed by atoms with Crippen LogP contribution in [0.15, 0.2) is 48.0 Å². The first-order valence-corrected chi connectivity index (χ1v) is 6.38. The average Bonchev–Trinajstić information content (AvgIpc) is 2.43. The Labute approximate surface area is 124 Å². The molecule has 1 heterocycles. The van der Waals surface area contributed by atoms with Crippen LogP contribution in [0.1, 0.15) is 19.5 Å². The number of aliphatic hydroxyl groups is 1. The Morgan fingerprint density at radius 2 is 2.24 bits per heavy atom. The molecule has 0 unspecified atom stereocenters. The first-order valence-electron chi connectivity index (χ1n) is 6.38. The number of nitrogens with zero attached hydrogens (tertiary/aromatic N) is 2. The third-order valence-electron chi connectivity index (χ3n) is 2.59. The number of nitrogens with one attached hydrogen (secondary N) is 1. The number of hydrogen-bond donors (Lipinski definition) is 3. The van der Waals surface area contributed by atoms with E-state index in [0.29, 0.717) is 18.1 Å². The number of nitrogens with two attached hydrogens (primary N) is 1. The Balaban J connectivity index is 2.94. The van der Waals surface area contributed by atoms with E-state index >= 15 is 0 Å². The molecule has 0 radical (unpaired) electrons. The van der Waals surface area contributed by atoms with Gasteiger partial charge in [-0.3, -0.25) is 4.79 Å². The molecule has 1 amide bonds. The van der Waals surface area contributed by atoms with Gasteiger partial charge in [-0.05, 0) is 26.0 Å². The zero-order valence-electron chi connectivity index (χ0n) is 12.3. The number of pyridine rings is 1. The Bertz CT molecular complexity index is 586. The van der Waals surface area contributed by atoms with E-state index < -0.39 is 11.5 Å². The predicted molar refractivity (Wildman–Crippen MR) is 83.1 cm³/mol. The van der Waals surface area contributed by atoms with Crippen molar-refractivity contribution in [3.05, 3.63) is 48.7 Å². The van der Waals surface area contributed by atoms with Crippen LogP contribution in [0.25, 0.3) is 0 Å². The monoisotopic (exact) mass is 288 g/mol. The highest BCUT2D eigenvalue weighted by molar-refractivity contribution is 6.20. The van der Waals surface area contributed by atoms with Crippen molar-refractivity contribution >= 4 is 17.6 Å². The molecule has 0 aliphatic heterocycles. The molecule has 6 heteroatoms. The molecule has 0 bridgehead atoms. The molecule has 0 atom stereocenters. The van der Waals surface area contributed by atoms with E-state index in [1.807, 2.05) is 0 Å². The van der Waals surface area contributed by atoms with Crippen LogP contribution in [0, 0.1) is 0 Å². The van der Waals surface area contributed by atoms with Crippen LogP contribution in [0.2, 0.25) is 0 Å². The van der Waals surface area contributed by atoms with E-state index in [1.165, 1.54) is 0 Å². The SMILES string of the molecule is C=CCNC(=O)C(=C)/C(N)=N/c1cccc(C(C)(C)O)n1. The van der Waals surface area contributed by atoms with E-state index in [-0.39, 0.29) is 11.4 Å². The number of rotatable bonds is 6. The van der Waals surface area contributed by atoms with Crippen LogP contribution in [0.5, 0.6) is 0 Å². The van der Waals surface area contributed by atoms with Gasteiger partial charge in [0.05, 0.1) is 11.3 Å². The molecule has 0 aromatic carbocycles. The van der Waals surface area contributed by atoms with Crippen molar-refractivity contribution in [3.63, 3.8) is 0 Å². The summed E-state index contributed by atoms with van der Waals surface area (Å²) in [5.41, 5.74) is 5.16. The Kier molecular flexibility index (Phi) is 5.37. The molecule has 0 aliphatic rings. The Hall–Kier alpha value is -2.47. The summed E-state index contributed by atoms with van der Waals surface area (Å²) in [6.07, 6.45) is 1.55. The highest BCUT2D eigenvalue weighted by Gasteiger charge is 2.18. The fourth-order valence-electron chi connectivity index (χ4n) is 1.41. The molecule has 1 aromatic rings. The quantitative estimate of drug-likeness (QED) is 0.316. The topological polar surface area (TPSA) is 101 Å². The second-order valence-electron chi connectivity index (χ2n) is 4.91. The zero-order chi connectivity index (χ0) is 16.0. The summed E-state index contributed by atoms with van der Waals surface area (Å²) in [6, 6.07) is 5.00. The third-order valence-corrected chi connectivity index (χ3v) is 2.59. The second kappa shape index (κ2) is 6.81. The molecule has 1 rings (SSSR count). The molecular formula is C15H20N4O2. The van der Waals surface area contributed by atoms with Gasteiger partial charge in [-0.25, -0.2) is 9.98 Å². The average molecular weight is 288 g/mol. The largest absolute Gasteiger partial charge is 0.384 e. The fourth-order valence-corrected chi connectivity index (χ4v) is 1.41. The lowest BCUT2D eigenvalue weighted by molar-refractivity contribution is -0.116. The van der Waals surface area contributed by atoms with Gasteiger partial charge in [-0.1, -0.05) is 18.7 Å². The minimum absolute atomic E-state index is 0.0306. The van der Waals surface area contributed by atoms with Crippen molar-refractivity contribution in [2.75, 3.05) is 6.54 Å². The van der Waals surface area contributed by atoms with Gasteiger partial charge in [0.25, 0.3) is 5.91 Å². The number of amides is 1. The van der Waals surface area contributed by atoms with Crippen LogP contribution in [0.4, 0.5) is 5.82 Å². The van der Waals surface area contributed by atoms with E-state index in [1.54, 1.807) is 38.1 Å². The number of amidine groups is 1. The highest BCUT2D eigenvalue weighted by Crippen LogP contribution is 2.20. The number of aromatic nitrogens is 1. The summed E-state index contributed by atoms with van der Waals surface area (Å²) in [4.78, 5) is 19.9. The van der Waals surface area contributed by atoms with Crippen molar-refractivity contribution in [2.24, 2.45) is 10.7 Å². The molecule has 0 aliphatic carbocycles. The standard InChI is InChI=1S/C15H20N4O2/c1-5-9-17-14(20)10(2)13(16)19-12-8-6-7-11(18-12)15(3,4)21/h5-8,21H,1-2,9H2,3-4H3,(H,17,20)(H2,16,18,19). The number of carbonyl (C=O) groups is 1. The lowest BCUT2D eigenvalue weighted by Gasteiger charge is -2.16. The molecular weight excluding hydrogens is 268 g/mol. The number of hydrogen-bond acceptors (Lipinski definition) is 4. The summed E-state index contributed by atoms with van der Waals surface area (Å²) in [6.45, 7) is 10.6. The van der Waals surface area contributed by atoms with Gasteiger partial charge in [0.15, 0.2) is 5.82 Å². The Morgan fingerprint density at radius 1 is 1.57 bits per heavy atom. The maximum atomic E-state index is 11.7. The van der Waals surface area contributed by atoms with Gasteiger partial charge < -0.3 is 16.2 Å². The van der Waals surface area contributed by atoms with Crippen LogP contribution in [0.3, 0.4) is 0 Å². The normalized spacial score (nSPS) is 11.9. The van der Waals surface area contributed by atoms with E-state index in [0.717, 1.165) is 0 Å². The summed E-state index contributed by atoms with van der Waals surface area (Å²) in [7, 11) is 0. The first kappa shape index (κ1) is 16.6. The van der Waals surface area contributed by atoms with Crippen molar-refractivity contribution in [2.45, 2.75) is 19.4 Å². The zero-order valence-corrected chi connectivity index (χ0v) is 12.3. The number of carbonyl (C=O) groups excluding carboxylic acids is 1. The van der Waals surface area contributed by atoms with Crippen molar-refractivity contribution < 1.29 is 9.90 Å². The van der Waals surface area contributed by atoms with Crippen LogP contribution < -0.4 is 11.1 Å². The molecule has 4 N–H and O–H groups in total. The van der Waals surface area contributed by atoms with Gasteiger partial charge >= 0.3 is 0 Å². The van der Waals surface area contributed by atoms with Gasteiger partial charge in [0.2, 0.25) is 0 Å². The lowest BCUT2D eigenvalue weighted by Crippen LogP contribution is -2.31. The number of aliphatic imine (C=N–C) groups is 1. The van der Waals surface area contributed by atoms with E-state index in [2.05, 4.69) is 28.5 Å². The summed E-state index contributed by atoms with van der Waals surface area (Å²) in [5, 5.41) is 12.5. The second-order valence-corrected chi connectivity index (χ2v) is 4.91. The summed E-state index contributed by atoms with van der Waals surface area (Å²) < 4.78 is 0. The summed E-state index contributed by atoms with van der Waals surface area (Å²) >= 11 is 0.